The van der Waals surface area contributed by atoms with Crippen molar-refractivity contribution in [3.05, 3.63) is 16.6 Å². The summed E-state index contributed by atoms with van der Waals surface area (Å²) in [6.45, 7) is 1.29. The van der Waals surface area contributed by atoms with E-state index in [1.54, 1.807) is 6.20 Å². The number of aliphatic imine (C=N–C) groups is 1. The average molecular weight is 369 g/mol. The molecule has 3 rings (SSSR count). The van der Waals surface area contributed by atoms with Crippen LogP contribution >= 0.6 is 0 Å². The highest BCUT2D eigenvalue weighted by molar-refractivity contribution is 6.35. The lowest BCUT2D eigenvalue weighted by Gasteiger charge is -2.20. The maximum absolute atomic E-state index is 12.5. The van der Waals surface area contributed by atoms with E-state index in [4.69, 9.17) is 7.85 Å². The predicted molar refractivity (Wildman–Crippen MR) is 108 cm³/mol. The molecule has 2 aliphatic rings. The third-order valence-corrected chi connectivity index (χ3v) is 5.41. The van der Waals surface area contributed by atoms with Gasteiger partial charge in [0.05, 0.1) is 11.9 Å². The van der Waals surface area contributed by atoms with E-state index in [1.165, 1.54) is 25.7 Å². The number of nitrogens with one attached hydrogen (secondary N) is 2. The van der Waals surface area contributed by atoms with Crippen molar-refractivity contribution in [1.82, 2.24) is 15.1 Å². The predicted octanol–water partition coefficient (Wildman–Crippen LogP) is 0.769. The van der Waals surface area contributed by atoms with Gasteiger partial charge in [0.1, 0.15) is 14.4 Å². The highest BCUT2D eigenvalue weighted by atomic mass is 16.2. The fourth-order valence-corrected chi connectivity index (χ4v) is 3.70. The van der Waals surface area contributed by atoms with Crippen molar-refractivity contribution >= 4 is 31.1 Å². The molecule has 1 amide bonds. The molecule has 0 bridgehead atoms. The van der Waals surface area contributed by atoms with Gasteiger partial charge in [-0.3, -0.25) is 14.6 Å². The summed E-state index contributed by atoms with van der Waals surface area (Å²) in [5, 5.41) is 10.4. The number of aromatic nitrogens is 2. The van der Waals surface area contributed by atoms with Crippen LogP contribution in [-0.4, -0.2) is 48.9 Å². The number of anilines is 1. The van der Waals surface area contributed by atoms with Gasteiger partial charge in [-0.2, -0.15) is 5.10 Å². The molecule has 0 aromatic carbocycles. The molecule has 1 aromatic rings. The fourth-order valence-electron chi connectivity index (χ4n) is 3.70. The van der Waals surface area contributed by atoms with Crippen molar-refractivity contribution in [1.29, 1.82) is 0 Å². The number of rotatable bonds is 6. The second kappa shape index (κ2) is 9.71. The summed E-state index contributed by atoms with van der Waals surface area (Å²) >= 11 is 0. The molecule has 0 spiro atoms. The van der Waals surface area contributed by atoms with E-state index in [0.717, 1.165) is 36.9 Å². The molecule has 7 nitrogen and oxygen atoms in total. The Hall–Kier alpha value is -2.12. The van der Waals surface area contributed by atoms with Gasteiger partial charge < -0.3 is 10.6 Å². The van der Waals surface area contributed by atoms with Crippen LogP contribution in [0.5, 0.6) is 0 Å². The van der Waals surface area contributed by atoms with Crippen LogP contribution in [0.1, 0.15) is 51.4 Å². The van der Waals surface area contributed by atoms with E-state index in [0.29, 0.717) is 24.2 Å². The summed E-state index contributed by atoms with van der Waals surface area (Å²) in [4.78, 5) is 28.8. The second-order valence-corrected chi connectivity index (χ2v) is 7.55. The number of nitrogens with zero attached hydrogens (tertiary/aromatic N) is 3. The van der Waals surface area contributed by atoms with Crippen LogP contribution < -0.4 is 21.7 Å². The fraction of sp³-hybridized carbons (Fsp3) is 0.684. The highest BCUT2D eigenvalue weighted by Crippen LogP contribution is 2.19. The number of amides is 1. The van der Waals surface area contributed by atoms with Gasteiger partial charge in [-0.25, -0.2) is 4.68 Å². The van der Waals surface area contributed by atoms with Crippen molar-refractivity contribution in [3.8, 4) is 0 Å². The number of carbonyl (C=O) groups excluding carboxylic acids is 1. The average Bonchev–Trinajstić information content (AvgIpc) is 2.96. The van der Waals surface area contributed by atoms with Crippen molar-refractivity contribution in [3.63, 3.8) is 0 Å². The van der Waals surface area contributed by atoms with E-state index in [1.807, 2.05) is 6.21 Å². The number of hydrogen-bond acceptors (Lipinski definition) is 5. The van der Waals surface area contributed by atoms with E-state index in [9.17, 15) is 9.59 Å². The topological polar surface area (TPSA) is 88.4 Å². The molecule has 1 aliphatic heterocycles. The molecular weight excluding hydrogens is 341 g/mol. The maximum atomic E-state index is 12.5. The van der Waals surface area contributed by atoms with Crippen molar-refractivity contribution in [2.45, 2.75) is 64.0 Å². The Bertz CT molecular complexity index is 725. The van der Waals surface area contributed by atoms with Gasteiger partial charge in [0.2, 0.25) is 5.91 Å². The minimum absolute atomic E-state index is 0.118. The zero-order valence-corrected chi connectivity index (χ0v) is 15.8. The SMILES string of the molecule is [B]c1c(NC2CCCCCC2)cnn(CC(=O)NCC2CC=NCC2)c1=O. The summed E-state index contributed by atoms with van der Waals surface area (Å²) < 4.78 is 1.13. The van der Waals surface area contributed by atoms with Crippen LogP contribution in [0.2, 0.25) is 0 Å². The summed E-state index contributed by atoms with van der Waals surface area (Å²) in [6.07, 6.45) is 12.4. The van der Waals surface area contributed by atoms with Crippen LogP contribution in [0.15, 0.2) is 16.0 Å². The molecule has 2 N–H and O–H groups in total. The first kappa shape index (κ1) is 19.6. The van der Waals surface area contributed by atoms with Crippen LogP contribution in [0.25, 0.3) is 0 Å². The zero-order valence-electron chi connectivity index (χ0n) is 15.8. The van der Waals surface area contributed by atoms with E-state index >= 15 is 0 Å². The standard InChI is InChI=1S/C19H28BN5O2/c20-18-16(24-15-5-3-1-2-4-6-15)12-23-25(19(18)27)13-17(26)22-11-14-7-9-21-10-8-14/h9,12,14-15,24H,1-8,10-11,13H2,(H,22,26). The summed E-state index contributed by atoms with van der Waals surface area (Å²) in [5.41, 5.74) is 0.282. The minimum atomic E-state index is -0.423. The van der Waals surface area contributed by atoms with Crippen LogP contribution in [0.3, 0.4) is 0 Å². The lowest BCUT2D eigenvalue weighted by atomic mass is 9.95. The molecular formula is C19H28BN5O2. The maximum Gasteiger partial charge on any atom is 0.262 e. The first-order chi connectivity index (χ1) is 13.1. The second-order valence-electron chi connectivity index (χ2n) is 7.55. The minimum Gasteiger partial charge on any atom is -0.381 e. The van der Waals surface area contributed by atoms with Crippen molar-refractivity contribution < 1.29 is 4.79 Å². The number of hydrogen-bond donors (Lipinski definition) is 2. The largest absolute Gasteiger partial charge is 0.381 e. The first-order valence-electron chi connectivity index (χ1n) is 10.0. The lowest BCUT2D eigenvalue weighted by Crippen LogP contribution is -2.42. The van der Waals surface area contributed by atoms with E-state index in [-0.39, 0.29) is 17.9 Å². The Labute approximate surface area is 161 Å². The van der Waals surface area contributed by atoms with Gasteiger partial charge in [-0.15, -0.1) is 0 Å². The molecule has 1 saturated carbocycles. The van der Waals surface area contributed by atoms with E-state index < -0.39 is 5.56 Å². The Kier molecular flexibility index (Phi) is 7.07. The number of carbonyl (C=O) groups is 1. The lowest BCUT2D eigenvalue weighted by molar-refractivity contribution is -0.122. The Morgan fingerprint density at radius 2 is 2.00 bits per heavy atom. The van der Waals surface area contributed by atoms with Gasteiger partial charge in [0.15, 0.2) is 0 Å². The zero-order chi connectivity index (χ0) is 19.1. The monoisotopic (exact) mass is 369 g/mol. The molecule has 2 radical (unpaired) electrons. The normalized spacial score (nSPS) is 20.8. The third-order valence-electron chi connectivity index (χ3n) is 5.41. The van der Waals surface area contributed by atoms with Crippen LogP contribution in [-0.2, 0) is 11.3 Å². The van der Waals surface area contributed by atoms with Gasteiger partial charge in [0.25, 0.3) is 5.56 Å². The van der Waals surface area contributed by atoms with Gasteiger partial charge in [-0.05, 0) is 43.3 Å². The van der Waals surface area contributed by atoms with Gasteiger partial charge >= 0.3 is 0 Å². The van der Waals surface area contributed by atoms with Gasteiger partial charge in [-0.1, -0.05) is 25.7 Å². The quantitative estimate of drug-likeness (QED) is 0.573. The molecule has 1 fully saturated rings. The first-order valence-corrected chi connectivity index (χ1v) is 10.0. The van der Waals surface area contributed by atoms with Gasteiger partial charge in [0, 0.05) is 19.1 Å². The molecule has 8 heteroatoms. The Morgan fingerprint density at radius 3 is 2.70 bits per heavy atom. The van der Waals surface area contributed by atoms with E-state index in [2.05, 4.69) is 20.7 Å². The Balaban J connectivity index is 1.56. The summed E-state index contributed by atoms with van der Waals surface area (Å²) in [7, 11) is 6.02. The molecule has 0 saturated heterocycles. The van der Waals surface area contributed by atoms with Crippen molar-refractivity contribution in [2.75, 3.05) is 18.4 Å². The summed E-state index contributed by atoms with van der Waals surface area (Å²) in [6, 6.07) is 0.328. The molecule has 1 atom stereocenters. The smallest absolute Gasteiger partial charge is 0.262 e. The van der Waals surface area contributed by atoms with Crippen molar-refractivity contribution in [2.24, 2.45) is 10.9 Å². The van der Waals surface area contributed by atoms with Crippen LogP contribution in [0.4, 0.5) is 5.69 Å². The molecule has 1 aromatic heterocycles. The highest BCUT2D eigenvalue weighted by Gasteiger charge is 2.16. The molecule has 1 unspecified atom stereocenters. The molecule has 2 heterocycles. The third kappa shape index (κ3) is 5.68. The van der Waals surface area contributed by atoms with Crippen LogP contribution in [0, 0.1) is 5.92 Å². The molecule has 144 valence electrons. The summed E-state index contributed by atoms with van der Waals surface area (Å²) in [5.74, 6) is 0.184. The molecule has 1 aliphatic carbocycles. The Morgan fingerprint density at radius 1 is 1.22 bits per heavy atom. The molecule has 27 heavy (non-hydrogen) atoms.